The van der Waals surface area contributed by atoms with Crippen LogP contribution in [0.2, 0.25) is 0 Å². The number of nitrogens with one attached hydrogen (secondary N) is 1. The highest BCUT2D eigenvalue weighted by Gasteiger charge is 2.47. The van der Waals surface area contributed by atoms with E-state index in [4.69, 9.17) is 0 Å². The van der Waals surface area contributed by atoms with Crippen LogP contribution in [-0.2, 0) is 0 Å². The monoisotopic (exact) mass is 240 g/mol. The molecule has 2 aliphatic rings. The number of aliphatic hydroxyl groups is 1. The minimum absolute atomic E-state index is 0. The first-order chi connectivity index (χ1) is 7.25. The summed E-state index contributed by atoms with van der Waals surface area (Å²) >= 11 is 0. The Hall–Kier alpha value is -0.640. The van der Waals surface area contributed by atoms with E-state index < -0.39 is 6.10 Å². The van der Waals surface area contributed by atoms with Crippen molar-refractivity contribution in [3.05, 3.63) is 29.6 Å². The van der Waals surface area contributed by atoms with Gasteiger partial charge in [0.2, 0.25) is 0 Å². The lowest BCUT2D eigenvalue weighted by atomic mass is 9.99. The SMILES string of the molecule is Cc1ncccc1C(O)C1CC2CC2N1.Cl. The molecular formula is C12H17ClN2O. The highest BCUT2D eigenvalue weighted by Crippen LogP contribution is 2.43. The Labute approximate surface area is 102 Å². The first-order valence-corrected chi connectivity index (χ1v) is 5.61. The molecule has 1 saturated carbocycles. The van der Waals surface area contributed by atoms with Gasteiger partial charge in [-0.1, -0.05) is 6.07 Å². The minimum Gasteiger partial charge on any atom is -0.387 e. The second-order valence-corrected chi connectivity index (χ2v) is 4.73. The Balaban J connectivity index is 0.000000963. The van der Waals surface area contributed by atoms with Gasteiger partial charge in [0.25, 0.3) is 0 Å². The second-order valence-electron chi connectivity index (χ2n) is 4.73. The summed E-state index contributed by atoms with van der Waals surface area (Å²) in [7, 11) is 0. The van der Waals surface area contributed by atoms with E-state index >= 15 is 0 Å². The third-order valence-electron chi connectivity index (χ3n) is 3.66. The Bertz CT molecular complexity index is 375. The van der Waals surface area contributed by atoms with E-state index in [0.717, 1.165) is 23.6 Å². The number of nitrogens with zero attached hydrogens (tertiary/aromatic N) is 1. The first-order valence-electron chi connectivity index (χ1n) is 5.61. The second kappa shape index (κ2) is 4.32. The molecular weight excluding hydrogens is 224 g/mol. The summed E-state index contributed by atoms with van der Waals surface area (Å²) in [5, 5.41) is 13.7. The zero-order valence-electron chi connectivity index (χ0n) is 9.26. The molecule has 4 atom stereocenters. The molecule has 88 valence electrons. The van der Waals surface area contributed by atoms with Crippen molar-refractivity contribution in [3.63, 3.8) is 0 Å². The Morgan fingerprint density at radius 1 is 1.50 bits per heavy atom. The molecule has 3 nitrogen and oxygen atoms in total. The van der Waals surface area contributed by atoms with E-state index in [1.165, 1.54) is 6.42 Å². The number of fused-ring (bicyclic) bond motifs is 1. The lowest BCUT2D eigenvalue weighted by Gasteiger charge is -2.21. The molecule has 2 N–H and O–H groups in total. The van der Waals surface area contributed by atoms with E-state index in [1.54, 1.807) is 6.20 Å². The van der Waals surface area contributed by atoms with Crippen LogP contribution in [0, 0.1) is 12.8 Å². The van der Waals surface area contributed by atoms with Crippen molar-refractivity contribution in [3.8, 4) is 0 Å². The maximum Gasteiger partial charge on any atom is 0.0960 e. The van der Waals surface area contributed by atoms with Gasteiger partial charge < -0.3 is 10.4 Å². The van der Waals surface area contributed by atoms with E-state index in [1.807, 2.05) is 19.1 Å². The molecule has 1 aliphatic carbocycles. The minimum atomic E-state index is -0.397. The molecule has 4 heteroatoms. The third-order valence-corrected chi connectivity index (χ3v) is 3.66. The van der Waals surface area contributed by atoms with Crippen LogP contribution in [0.1, 0.15) is 30.2 Å². The van der Waals surface area contributed by atoms with Crippen molar-refractivity contribution in [1.29, 1.82) is 0 Å². The zero-order valence-corrected chi connectivity index (χ0v) is 10.1. The smallest absolute Gasteiger partial charge is 0.0960 e. The van der Waals surface area contributed by atoms with Gasteiger partial charge in [-0.05, 0) is 31.7 Å². The summed E-state index contributed by atoms with van der Waals surface area (Å²) in [6.45, 7) is 1.95. The summed E-state index contributed by atoms with van der Waals surface area (Å²) in [5.74, 6) is 0.821. The largest absolute Gasteiger partial charge is 0.387 e. The molecule has 1 saturated heterocycles. The fourth-order valence-corrected chi connectivity index (χ4v) is 2.63. The fraction of sp³-hybridized carbons (Fsp3) is 0.583. The summed E-state index contributed by atoms with van der Waals surface area (Å²) in [4.78, 5) is 4.21. The van der Waals surface area contributed by atoms with Crippen LogP contribution >= 0.6 is 12.4 Å². The Kier molecular flexibility index (Phi) is 3.19. The van der Waals surface area contributed by atoms with Crippen molar-refractivity contribution >= 4 is 12.4 Å². The van der Waals surface area contributed by atoms with Gasteiger partial charge >= 0.3 is 0 Å². The van der Waals surface area contributed by atoms with Gasteiger partial charge in [0, 0.05) is 29.5 Å². The molecule has 16 heavy (non-hydrogen) atoms. The number of pyridine rings is 1. The Morgan fingerprint density at radius 2 is 2.31 bits per heavy atom. The summed E-state index contributed by atoms with van der Waals surface area (Å²) in [5.41, 5.74) is 1.91. The average Bonchev–Trinajstić information content (AvgIpc) is 2.86. The van der Waals surface area contributed by atoms with Gasteiger partial charge in [0.15, 0.2) is 0 Å². The third kappa shape index (κ3) is 1.95. The number of aromatic nitrogens is 1. The van der Waals surface area contributed by atoms with Crippen molar-refractivity contribution in [2.24, 2.45) is 5.92 Å². The van der Waals surface area contributed by atoms with Gasteiger partial charge in [-0.25, -0.2) is 0 Å². The molecule has 1 aromatic heterocycles. The number of hydrogen-bond donors (Lipinski definition) is 2. The Morgan fingerprint density at radius 3 is 2.94 bits per heavy atom. The van der Waals surface area contributed by atoms with Crippen LogP contribution in [0.3, 0.4) is 0 Å². The number of rotatable bonds is 2. The molecule has 3 rings (SSSR count). The molecule has 0 radical (unpaired) electrons. The highest BCUT2D eigenvalue weighted by molar-refractivity contribution is 5.85. The van der Waals surface area contributed by atoms with Crippen molar-refractivity contribution in [1.82, 2.24) is 10.3 Å². The number of halogens is 1. The first kappa shape index (κ1) is 11.8. The fourth-order valence-electron chi connectivity index (χ4n) is 2.63. The summed E-state index contributed by atoms with van der Waals surface area (Å²) in [6, 6.07) is 4.78. The lowest BCUT2D eigenvalue weighted by molar-refractivity contribution is 0.130. The van der Waals surface area contributed by atoms with Crippen molar-refractivity contribution < 1.29 is 5.11 Å². The van der Waals surface area contributed by atoms with Crippen LogP contribution in [0.5, 0.6) is 0 Å². The number of aliphatic hydroxyl groups excluding tert-OH is 1. The highest BCUT2D eigenvalue weighted by atomic mass is 35.5. The zero-order chi connectivity index (χ0) is 10.4. The van der Waals surface area contributed by atoms with Gasteiger partial charge in [-0.2, -0.15) is 0 Å². The topological polar surface area (TPSA) is 45.2 Å². The predicted octanol–water partition coefficient (Wildman–Crippen LogP) is 1.60. The number of hydrogen-bond acceptors (Lipinski definition) is 3. The molecule has 4 unspecified atom stereocenters. The molecule has 0 spiro atoms. The van der Waals surface area contributed by atoms with E-state index in [0.29, 0.717) is 6.04 Å². The normalized spacial score (nSPS) is 32.8. The predicted molar refractivity (Wildman–Crippen MR) is 64.6 cm³/mol. The molecule has 0 aromatic carbocycles. The van der Waals surface area contributed by atoms with E-state index in [-0.39, 0.29) is 18.4 Å². The van der Waals surface area contributed by atoms with Gasteiger partial charge in [0.05, 0.1) is 6.10 Å². The van der Waals surface area contributed by atoms with E-state index in [9.17, 15) is 5.11 Å². The quantitative estimate of drug-likeness (QED) is 0.826. The van der Waals surface area contributed by atoms with Crippen molar-refractivity contribution in [2.75, 3.05) is 0 Å². The summed E-state index contributed by atoms with van der Waals surface area (Å²) < 4.78 is 0. The lowest BCUT2D eigenvalue weighted by Crippen LogP contribution is -2.32. The molecule has 0 bridgehead atoms. The molecule has 2 heterocycles. The van der Waals surface area contributed by atoms with Crippen LogP contribution in [0.15, 0.2) is 18.3 Å². The average molecular weight is 241 g/mol. The number of piperidine rings is 1. The molecule has 2 fully saturated rings. The number of aryl methyl sites for hydroxylation is 1. The molecule has 1 aliphatic heterocycles. The van der Waals surface area contributed by atoms with E-state index in [2.05, 4.69) is 10.3 Å². The van der Waals surface area contributed by atoms with Gasteiger partial charge in [0.1, 0.15) is 0 Å². The van der Waals surface area contributed by atoms with Crippen LogP contribution in [0.4, 0.5) is 0 Å². The summed E-state index contributed by atoms with van der Waals surface area (Å²) in [6.07, 6.45) is 3.78. The van der Waals surface area contributed by atoms with Gasteiger partial charge in [-0.3, -0.25) is 4.98 Å². The maximum atomic E-state index is 10.2. The molecule has 0 amide bonds. The van der Waals surface area contributed by atoms with Crippen LogP contribution in [-0.4, -0.2) is 22.2 Å². The van der Waals surface area contributed by atoms with Crippen LogP contribution in [0.25, 0.3) is 0 Å². The standard InChI is InChI=1S/C12H16N2O.ClH/c1-7-9(3-2-4-13-7)12(15)11-6-8-5-10(8)14-11;/h2-4,8,10-12,14-15H,5-6H2,1H3;1H. The van der Waals surface area contributed by atoms with Gasteiger partial charge in [-0.15, -0.1) is 12.4 Å². The maximum absolute atomic E-state index is 10.2. The van der Waals surface area contributed by atoms with Crippen molar-refractivity contribution in [2.45, 2.75) is 38.0 Å². The van der Waals surface area contributed by atoms with Crippen LogP contribution < -0.4 is 5.32 Å². The molecule has 1 aromatic rings.